The second-order valence-electron chi connectivity index (χ2n) is 3.81. The smallest absolute Gasteiger partial charge is 0.197 e. The first-order valence-electron chi connectivity index (χ1n) is 5.73. The van der Waals surface area contributed by atoms with Gasteiger partial charge in [-0.05, 0) is 47.2 Å². The van der Waals surface area contributed by atoms with E-state index in [1.165, 1.54) is 0 Å². The molecular weight excluding hydrogens is 359 g/mol. The van der Waals surface area contributed by atoms with Gasteiger partial charge in [0.25, 0.3) is 0 Å². The molecule has 0 N–H and O–H groups in total. The molecule has 2 aromatic rings. The number of carbonyl (C=O) groups excluding carboxylic acids is 1. The Morgan fingerprint density at radius 2 is 2.17 bits per heavy atom. The normalized spacial score (nSPS) is 10.3. The van der Waals surface area contributed by atoms with Crippen LogP contribution in [0.25, 0.3) is 0 Å². The molecule has 2 rings (SSSR count). The summed E-state index contributed by atoms with van der Waals surface area (Å²) in [6.07, 6.45) is 0.929. The largest absolute Gasteiger partial charge is 0.493 e. The molecule has 0 aliphatic carbocycles. The van der Waals surface area contributed by atoms with E-state index in [0.29, 0.717) is 17.9 Å². The van der Waals surface area contributed by atoms with Gasteiger partial charge in [0.15, 0.2) is 5.78 Å². The zero-order valence-electron chi connectivity index (χ0n) is 9.98. The van der Waals surface area contributed by atoms with Gasteiger partial charge in [-0.15, -0.1) is 11.3 Å². The minimum atomic E-state index is 0.0286. The molecule has 1 aromatic heterocycles. The molecule has 1 aromatic carbocycles. The highest BCUT2D eigenvalue weighted by Crippen LogP contribution is 2.24. The van der Waals surface area contributed by atoms with Gasteiger partial charge in [-0.3, -0.25) is 4.79 Å². The standard InChI is InChI=1S/C14H13IO2S/c1-2-7-17-12-6-4-3-5-11(12)14(16)10-8-13(15)18-9-10/h3-6,8-9H,2,7H2,1H3. The second-order valence-corrected chi connectivity index (χ2v) is 6.62. The summed E-state index contributed by atoms with van der Waals surface area (Å²) < 4.78 is 6.73. The fraction of sp³-hybridized carbons (Fsp3) is 0.214. The molecule has 0 bridgehead atoms. The van der Waals surface area contributed by atoms with Gasteiger partial charge in [0.1, 0.15) is 5.75 Å². The van der Waals surface area contributed by atoms with E-state index in [-0.39, 0.29) is 5.78 Å². The molecule has 0 aliphatic rings. The molecule has 0 spiro atoms. The molecule has 0 aliphatic heterocycles. The van der Waals surface area contributed by atoms with Crippen LogP contribution in [0, 0.1) is 2.88 Å². The molecular formula is C14H13IO2S. The molecule has 4 heteroatoms. The first kappa shape index (κ1) is 13.5. The van der Waals surface area contributed by atoms with Crippen LogP contribution in [0.15, 0.2) is 35.7 Å². The Hall–Kier alpha value is -0.880. The van der Waals surface area contributed by atoms with Gasteiger partial charge in [-0.25, -0.2) is 0 Å². The van der Waals surface area contributed by atoms with Crippen molar-refractivity contribution >= 4 is 39.7 Å². The van der Waals surface area contributed by atoms with E-state index in [4.69, 9.17) is 4.74 Å². The lowest BCUT2D eigenvalue weighted by Crippen LogP contribution is -2.05. The Balaban J connectivity index is 2.29. The molecule has 0 atom stereocenters. The number of hydrogen-bond donors (Lipinski definition) is 0. The first-order chi connectivity index (χ1) is 8.72. The van der Waals surface area contributed by atoms with Gasteiger partial charge in [0.2, 0.25) is 0 Å². The SMILES string of the molecule is CCCOc1ccccc1C(=O)c1csc(I)c1. The third-order valence-electron chi connectivity index (χ3n) is 2.42. The zero-order chi connectivity index (χ0) is 13.0. The van der Waals surface area contributed by atoms with E-state index >= 15 is 0 Å². The fourth-order valence-corrected chi connectivity index (χ4v) is 2.90. The molecule has 94 valence electrons. The van der Waals surface area contributed by atoms with Crippen LogP contribution in [0.4, 0.5) is 0 Å². The second kappa shape index (κ2) is 6.33. The molecule has 2 nitrogen and oxygen atoms in total. The van der Waals surface area contributed by atoms with Crippen LogP contribution in [-0.2, 0) is 0 Å². The highest BCUT2D eigenvalue weighted by atomic mass is 127. The van der Waals surface area contributed by atoms with Crippen molar-refractivity contribution in [2.75, 3.05) is 6.61 Å². The Morgan fingerprint density at radius 1 is 1.39 bits per heavy atom. The lowest BCUT2D eigenvalue weighted by atomic mass is 10.1. The predicted molar refractivity (Wildman–Crippen MR) is 82.7 cm³/mol. The summed E-state index contributed by atoms with van der Waals surface area (Å²) in [5.41, 5.74) is 1.37. The summed E-state index contributed by atoms with van der Waals surface area (Å²) in [5.74, 6) is 0.700. The number of hydrogen-bond acceptors (Lipinski definition) is 3. The van der Waals surface area contributed by atoms with E-state index < -0.39 is 0 Å². The maximum Gasteiger partial charge on any atom is 0.197 e. The average Bonchev–Trinajstić information content (AvgIpc) is 2.82. The van der Waals surface area contributed by atoms with Crippen LogP contribution < -0.4 is 4.74 Å². The Morgan fingerprint density at radius 3 is 2.83 bits per heavy atom. The van der Waals surface area contributed by atoms with E-state index in [0.717, 1.165) is 14.9 Å². The topological polar surface area (TPSA) is 26.3 Å². The van der Waals surface area contributed by atoms with Gasteiger partial charge >= 0.3 is 0 Å². The third-order valence-corrected chi connectivity index (χ3v) is 4.21. The van der Waals surface area contributed by atoms with Gasteiger partial charge in [0, 0.05) is 10.9 Å². The van der Waals surface area contributed by atoms with Crippen molar-refractivity contribution < 1.29 is 9.53 Å². The van der Waals surface area contributed by atoms with E-state index in [1.807, 2.05) is 42.6 Å². The average molecular weight is 372 g/mol. The number of rotatable bonds is 5. The number of halogens is 1. The highest BCUT2D eigenvalue weighted by Gasteiger charge is 2.15. The summed E-state index contributed by atoms with van der Waals surface area (Å²) in [5, 5.41) is 1.89. The van der Waals surface area contributed by atoms with Crippen molar-refractivity contribution in [2.24, 2.45) is 0 Å². The summed E-state index contributed by atoms with van der Waals surface area (Å²) in [6, 6.07) is 9.32. The molecule has 0 fully saturated rings. The van der Waals surface area contributed by atoms with Gasteiger partial charge in [0.05, 0.1) is 15.1 Å². The summed E-state index contributed by atoms with van der Waals surface area (Å²) in [4.78, 5) is 12.4. The molecule has 0 radical (unpaired) electrons. The highest BCUT2D eigenvalue weighted by molar-refractivity contribution is 14.1. The Bertz CT molecular complexity index is 548. The third kappa shape index (κ3) is 3.11. The maximum absolute atomic E-state index is 12.4. The number of para-hydroxylation sites is 1. The molecule has 0 unspecified atom stereocenters. The fourth-order valence-electron chi connectivity index (χ4n) is 1.58. The van der Waals surface area contributed by atoms with E-state index in [9.17, 15) is 4.79 Å². The summed E-state index contributed by atoms with van der Waals surface area (Å²) in [6.45, 7) is 2.68. The summed E-state index contributed by atoms with van der Waals surface area (Å²) in [7, 11) is 0. The number of thiophene rings is 1. The molecule has 0 amide bonds. The van der Waals surface area contributed by atoms with Crippen molar-refractivity contribution in [3.63, 3.8) is 0 Å². The number of ether oxygens (including phenoxy) is 1. The lowest BCUT2D eigenvalue weighted by molar-refractivity contribution is 0.103. The van der Waals surface area contributed by atoms with Crippen LogP contribution in [0.3, 0.4) is 0 Å². The van der Waals surface area contributed by atoms with E-state index in [1.54, 1.807) is 11.3 Å². The van der Waals surface area contributed by atoms with Crippen LogP contribution in [-0.4, -0.2) is 12.4 Å². The van der Waals surface area contributed by atoms with Crippen molar-refractivity contribution in [1.82, 2.24) is 0 Å². The quantitative estimate of drug-likeness (QED) is 0.576. The number of ketones is 1. The van der Waals surface area contributed by atoms with E-state index in [2.05, 4.69) is 22.6 Å². The van der Waals surface area contributed by atoms with Crippen molar-refractivity contribution in [3.05, 3.63) is 49.7 Å². The first-order valence-corrected chi connectivity index (χ1v) is 7.68. The van der Waals surface area contributed by atoms with Crippen LogP contribution >= 0.6 is 33.9 Å². The van der Waals surface area contributed by atoms with Crippen LogP contribution in [0.2, 0.25) is 0 Å². The molecule has 1 heterocycles. The molecule has 0 saturated carbocycles. The Kier molecular flexibility index (Phi) is 4.77. The van der Waals surface area contributed by atoms with Gasteiger partial charge < -0.3 is 4.74 Å². The maximum atomic E-state index is 12.4. The molecule has 0 saturated heterocycles. The number of carbonyl (C=O) groups is 1. The van der Waals surface area contributed by atoms with Crippen molar-refractivity contribution in [3.8, 4) is 5.75 Å². The molecule has 18 heavy (non-hydrogen) atoms. The number of benzene rings is 1. The van der Waals surface area contributed by atoms with Crippen molar-refractivity contribution in [2.45, 2.75) is 13.3 Å². The van der Waals surface area contributed by atoms with Gasteiger partial charge in [-0.1, -0.05) is 19.1 Å². The lowest BCUT2D eigenvalue weighted by Gasteiger charge is -2.09. The predicted octanol–water partition coefficient (Wildman–Crippen LogP) is 4.37. The summed E-state index contributed by atoms with van der Waals surface area (Å²) >= 11 is 3.80. The Labute approximate surface area is 124 Å². The van der Waals surface area contributed by atoms with Crippen LogP contribution in [0.1, 0.15) is 29.3 Å². The van der Waals surface area contributed by atoms with Gasteiger partial charge in [-0.2, -0.15) is 0 Å². The monoisotopic (exact) mass is 372 g/mol. The van der Waals surface area contributed by atoms with Crippen LogP contribution in [0.5, 0.6) is 5.75 Å². The zero-order valence-corrected chi connectivity index (χ0v) is 13.0. The van der Waals surface area contributed by atoms with Crippen molar-refractivity contribution in [1.29, 1.82) is 0 Å². The minimum Gasteiger partial charge on any atom is -0.493 e. The minimum absolute atomic E-state index is 0.0286.